The molecule has 1 heteroatoms. The van der Waals surface area contributed by atoms with Crippen LogP contribution in [0.1, 0.15) is 63.5 Å². The van der Waals surface area contributed by atoms with Gasteiger partial charge in [-0.3, -0.25) is 0 Å². The highest BCUT2D eigenvalue weighted by Gasteiger charge is 2.03. The number of aliphatic hydroxyl groups excluding tert-OH is 1. The average Bonchev–Trinajstić information content (AvgIpc) is 2.30. The van der Waals surface area contributed by atoms with Crippen molar-refractivity contribution in [2.24, 2.45) is 0 Å². The molecule has 0 aliphatic heterocycles. The van der Waals surface area contributed by atoms with Crippen molar-refractivity contribution in [3.8, 4) is 0 Å². The van der Waals surface area contributed by atoms with Gasteiger partial charge in [-0.2, -0.15) is 0 Å². The van der Waals surface area contributed by atoms with Gasteiger partial charge >= 0.3 is 0 Å². The molecule has 0 bridgehead atoms. The number of aryl methyl sites for hydroxylation is 1. The zero-order valence-corrected chi connectivity index (χ0v) is 11.4. The summed E-state index contributed by atoms with van der Waals surface area (Å²) in [5, 5.41) is 9.64. The smallest absolute Gasteiger partial charge is 0.0540 e. The van der Waals surface area contributed by atoms with Crippen LogP contribution in [0.5, 0.6) is 0 Å². The molecule has 1 nitrogen and oxygen atoms in total. The van der Waals surface area contributed by atoms with Crippen LogP contribution in [-0.2, 0) is 6.42 Å². The highest BCUT2D eigenvalue weighted by atomic mass is 16.3. The Labute approximate surface area is 106 Å². The fraction of sp³-hybridized carbons (Fsp3) is 0.625. The van der Waals surface area contributed by atoms with Gasteiger partial charge in [-0.25, -0.2) is 0 Å². The Morgan fingerprint density at radius 2 is 1.71 bits per heavy atom. The highest BCUT2D eigenvalue weighted by Crippen LogP contribution is 2.16. The lowest BCUT2D eigenvalue weighted by atomic mass is 9.99. The van der Waals surface area contributed by atoms with Gasteiger partial charge < -0.3 is 5.11 Å². The van der Waals surface area contributed by atoms with Crippen molar-refractivity contribution in [3.05, 3.63) is 35.4 Å². The summed E-state index contributed by atoms with van der Waals surface area (Å²) in [7, 11) is 0. The Kier molecular flexibility index (Phi) is 6.28. The summed E-state index contributed by atoms with van der Waals surface area (Å²) in [5.41, 5.74) is 2.79. The molecular weight excluding hydrogens is 208 g/mol. The third-order valence-electron chi connectivity index (χ3n) is 3.27. The fourth-order valence-corrected chi connectivity index (χ4v) is 2.09. The van der Waals surface area contributed by atoms with E-state index in [1.54, 1.807) is 0 Å². The number of aliphatic hydroxyl groups is 1. The third kappa shape index (κ3) is 5.36. The van der Waals surface area contributed by atoms with E-state index >= 15 is 0 Å². The SMILES string of the molecule is CCCC(O)CCCc1ccc(C(C)C)cc1. The van der Waals surface area contributed by atoms with Crippen LogP contribution in [0, 0.1) is 0 Å². The maximum absolute atomic E-state index is 9.64. The Balaban J connectivity index is 2.32. The Morgan fingerprint density at radius 3 is 2.24 bits per heavy atom. The van der Waals surface area contributed by atoms with Crippen LogP contribution in [0.4, 0.5) is 0 Å². The van der Waals surface area contributed by atoms with E-state index in [9.17, 15) is 5.11 Å². The minimum absolute atomic E-state index is 0.102. The number of hydrogen-bond acceptors (Lipinski definition) is 1. The van der Waals surface area contributed by atoms with E-state index in [2.05, 4.69) is 45.0 Å². The van der Waals surface area contributed by atoms with Crippen LogP contribution in [-0.4, -0.2) is 11.2 Å². The summed E-state index contributed by atoms with van der Waals surface area (Å²) >= 11 is 0. The zero-order valence-electron chi connectivity index (χ0n) is 11.4. The van der Waals surface area contributed by atoms with Crippen molar-refractivity contribution < 1.29 is 5.11 Å². The van der Waals surface area contributed by atoms with Gasteiger partial charge in [0.25, 0.3) is 0 Å². The first kappa shape index (κ1) is 14.2. The average molecular weight is 234 g/mol. The van der Waals surface area contributed by atoms with Gasteiger partial charge in [0.1, 0.15) is 0 Å². The Bertz CT molecular complexity index is 300. The topological polar surface area (TPSA) is 20.2 Å². The lowest BCUT2D eigenvalue weighted by molar-refractivity contribution is 0.151. The summed E-state index contributed by atoms with van der Waals surface area (Å²) in [6.07, 6.45) is 5.01. The fourth-order valence-electron chi connectivity index (χ4n) is 2.09. The second-order valence-corrected chi connectivity index (χ2v) is 5.23. The molecule has 0 saturated carbocycles. The van der Waals surface area contributed by atoms with Crippen molar-refractivity contribution >= 4 is 0 Å². The monoisotopic (exact) mass is 234 g/mol. The molecule has 0 aromatic heterocycles. The van der Waals surface area contributed by atoms with Crippen molar-refractivity contribution in [2.45, 2.75) is 64.9 Å². The molecule has 0 aliphatic carbocycles. The highest BCUT2D eigenvalue weighted by molar-refractivity contribution is 5.24. The molecular formula is C16H26O. The zero-order chi connectivity index (χ0) is 12.7. The van der Waals surface area contributed by atoms with Crippen molar-refractivity contribution in [1.29, 1.82) is 0 Å². The minimum Gasteiger partial charge on any atom is -0.393 e. The first-order valence-corrected chi connectivity index (χ1v) is 6.90. The maximum Gasteiger partial charge on any atom is 0.0540 e. The van der Waals surface area contributed by atoms with E-state index < -0.39 is 0 Å². The molecule has 0 amide bonds. The lowest BCUT2D eigenvalue weighted by Crippen LogP contribution is -2.05. The predicted octanol–water partition coefficient (Wildman–Crippen LogP) is 4.29. The molecule has 1 unspecified atom stereocenters. The molecule has 17 heavy (non-hydrogen) atoms. The largest absolute Gasteiger partial charge is 0.393 e. The van der Waals surface area contributed by atoms with Gasteiger partial charge in [-0.05, 0) is 42.7 Å². The summed E-state index contributed by atoms with van der Waals surface area (Å²) < 4.78 is 0. The molecule has 1 aromatic rings. The first-order chi connectivity index (χ1) is 8.13. The molecule has 0 fully saturated rings. The van der Waals surface area contributed by atoms with Gasteiger partial charge in [0.15, 0.2) is 0 Å². The standard InChI is InChI=1S/C16H26O/c1-4-6-16(17)8-5-7-14-9-11-15(12-10-14)13(2)3/h9-13,16-17H,4-8H2,1-3H3. The van der Waals surface area contributed by atoms with E-state index in [0.717, 1.165) is 32.1 Å². The molecule has 0 heterocycles. The Hall–Kier alpha value is -0.820. The van der Waals surface area contributed by atoms with Crippen molar-refractivity contribution in [2.75, 3.05) is 0 Å². The van der Waals surface area contributed by atoms with Crippen LogP contribution >= 0.6 is 0 Å². The second kappa shape index (κ2) is 7.50. The molecule has 0 radical (unpaired) electrons. The summed E-state index contributed by atoms with van der Waals surface area (Å²) in [6, 6.07) is 8.90. The molecule has 0 saturated heterocycles. The number of rotatable bonds is 7. The number of benzene rings is 1. The van der Waals surface area contributed by atoms with E-state index in [4.69, 9.17) is 0 Å². The van der Waals surface area contributed by atoms with Crippen LogP contribution in [0.3, 0.4) is 0 Å². The van der Waals surface area contributed by atoms with Gasteiger partial charge in [-0.15, -0.1) is 0 Å². The maximum atomic E-state index is 9.64. The Morgan fingerprint density at radius 1 is 1.06 bits per heavy atom. The van der Waals surface area contributed by atoms with Crippen molar-refractivity contribution in [3.63, 3.8) is 0 Å². The van der Waals surface area contributed by atoms with Gasteiger partial charge in [0.05, 0.1) is 6.10 Å². The van der Waals surface area contributed by atoms with Gasteiger partial charge in [0.2, 0.25) is 0 Å². The predicted molar refractivity (Wildman–Crippen MR) is 74.4 cm³/mol. The normalized spacial score (nSPS) is 13.0. The molecule has 0 aliphatic rings. The molecule has 0 spiro atoms. The summed E-state index contributed by atoms with van der Waals surface area (Å²) in [5.74, 6) is 0.607. The lowest BCUT2D eigenvalue weighted by Gasteiger charge is -2.09. The number of hydrogen-bond donors (Lipinski definition) is 1. The van der Waals surface area contributed by atoms with Gasteiger partial charge in [0, 0.05) is 0 Å². The van der Waals surface area contributed by atoms with E-state index in [0.29, 0.717) is 5.92 Å². The molecule has 96 valence electrons. The van der Waals surface area contributed by atoms with Crippen LogP contribution in [0.15, 0.2) is 24.3 Å². The summed E-state index contributed by atoms with van der Waals surface area (Å²) in [6.45, 7) is 6.56. The molecule has 1 rings (SSSR count). The van der Waals surface area contributed by atoms with Crippen LogP contribution in [0.2, 0.25) is 0 Å². The van der Waals surface area contributed by atoms with Crippen LogP contribution in [0.25, 0.3) is 0 Å². The quantitative estimate of drug-likeness (QED) is 0.746. The van der Waals surface area contributed by atoms with Gasteiger partial charge in [-0.1, -0.05) is 51.5 Å². The minimum atomic E-state index is -0.102. The third-order valence-corrected chi connectivity index (χ3v) is 3.27. The molecule has 1 N–H and O–H groups in total. The first-order valence-electron chi connectivity index (χ1n) is 6.90. The van der Waals surface area contributed by atoms with E-state index in [1.165, 1.54) is 11.1 Å². The van der Waals surface area contributed by atoms with E-state index in [-0.39, 0.29) is 6.10 Å². The molecule has 1 atom stereocenters. The van der Waals surface area contributed by atoms with E-state index in [1.807, 2.05) is 0 Å². The molecule has 1 aromatic carbocycles. The summed E-state index contributed by atoms with van der Waals surface area (Å²) in [4.78, 5) is 0. The van der Waals surface area contributed by atoms with Crippen molar-refractivity contribution in [1.82, 2.24) is 0 Å². The van der Waals surface area contributed by atoms with Crippen LogP contribution < -0.4 is 0 Å². The second-order valence-electron chi connectivity index (χ2n) is 5.23.